The molecule has 0 spiro atoms. The Morgan fingerprint density at radius 3 is 2.34 bits per heavy atom. The number of amides is 1. The molecule has 0 aliphatic heterocycles. The van der Waals surface area contributed by atoms with Gasteiger partial charge in [-0.25, -0.2) is 4.79 Å². The molecule has 3 atom stereocenters. The summed E-state index contributed by atoms with van der Waals surface area (Å²) in [5.74, 6) is -0.743. The standard InChI is InChI=1S/C34H36F3NO6/c1-42-12-13-44-33-17-22-14-23(18-33)16-32(15-22,20-33)29(31(40)41)38-30(39)27-11-8-24-4-2-3-5-26(24)28(27)43-19-21-6-9-25(10-7-21)34(35,36)37/h2-11,22-23,29H,12-20H2,1H3,(H,38,39)(H,40,41)/t22?,23?,29-,32?,33?/m1/s1. The highest BCUT2D eigenvalue weighted by Gasteiger charge is 2.62. The van der Waals surface area contributed by atoms with Crippen molar-refractivity contribution in [3.05, 3.63) is 77.4 Å². The van der Waals surface area contributed by atoms with Crippen molar-refractivity contribution in [1.29, 1.82) is 0 Å². The molecule has 0 aromatic heterocycles. The van der Waals surface area contributed by atoms with Gasteiger partial charge in [0.05, 0.1) is 29.9 Å². The van der Waals surface area contributed by atoms with E-state index in [2.05, 4.69) is 5.32 Å². The Hall–Kier alpha value is -3.63. The van der Waals surface area contributed by atoms with E-state index >= 15 is 0 Å². The molecule has 7 rings (SSSR count). The van der Waals surface area contributed by atoms with Crippen LogP contribution in [0.4, 0.5) is 13.2 Å². The van der Waals surface area contributed by atoms with Gasteiger partial charge in [0.2, 0.25) is 0 Å². The third-order valence-electron chi connectivity index (χ3n) is 9.67. The molecule has 0 heterocycles. The number of carboxylic acid groups (broad SMARTS) is 1. The van der Waals surface area contributed by atoms with Crippen molar-refractivity contribution in [1.82, 2.24) is 5.32 Å². The van der Waals surface area contributed by atoms with Crippen LogP contribution in [-0.4, -0.2) is 48.9 Å². The minimum Gasteiger partial charge on any atom is -0.487 e. The summed E-state index contributed by atoms with van der Waals surface area (Å²) in [5, 5.41) is 14.8. The number of nitrogens with one attached hydrogen (secondary N) is 1. The van der Waals surface area contributed by atoms with Crippen LogP contribution in [0.25, 0.3) is 10.8 Å². The average molecular weight is 612 g/mol. The van der Waals surface area contributed by atoms with E-state index in [4.69, 9.17) is 14.2 Å². The Morgan fingerprint density at radius 1 is 0.977 bits per heavy atom. The molecule has 4 aliphatic carbocycles. The van der Waals surface area contributed by atoms with Crippen molar-refractivity contribution < 1.29 is 42.1 Å². The Balaban J connectivity index is 1.27. The highest BCUT2D eigenvalue weighted by Crippen LogP contribution is 2.64. The number of carbonyl (C=O) groups excluding carboxylic acids is 1. The van der Waals surface area contributed by atoms with Crippen molar-refractivity contribution in [2.45, 2.75) is 63.0 Å². The number of halogens is 3. The van der Waals surface area contributed by atoms with E-state index in [9.17, 15) is 27.9 Å². The molecule has 4 bridgehead atoms. The van der Waals surface area contributed by atoms with Gasteiger partial charge in [-0.2, -0.15) is 13.2 Å². The highest BCUT2D eigenvalue weighted by atomic mass is 19.4. The molecule has 3 aromatic carbocycles. The fourth-order valence-corrected chi connectivity index (χ4v) is 8.30. The van der Waals surface area contributed by atoms with Crippen molar-refractivity contribution >= 4 is 22.6 Å². The van der Waals surface area contributed by atoms with Gasteiger partial charge in [0, 0.05) is 17.9 Å². The summed E-state index contributed by atoms with van der Waals surface area (Å²) in [6.07, 6.45) is 0.361. The van der Waals surface area contributed by atoms with Crippen LogP contribution in [0, 0.1) is 17.3 Å². The molecule has 0 saturated heterocycles. The third-order valence-corrected chi connectivity index (χ3v) is 9.67. The first kappa shape index (κ1) is 30.4. The number of hydrogen-bond donors (Lipinski definition) is 2. The lowest BCUT2D eigenvalue weighted by molar-refractivity contribution is -0.206. The van der Waals surface area contributed by atoms with E-state index in [0.717, 1.165) is 36.8 Å². The first-order valence-electron chi connectivity index (χ1n) is 15.0. The first-order chi connectivity index (χ1) is 21.0. The fraction of sp³-hybridized carbons (Fsp3) is 0.471. The number of rotatable bonds is 11. The lowest BCUT2D eigenvalue weighted by Gasteiger charge is -2.63. The van der Waals surface area contributed by atoms with E-state index in [-0.39, 0.29) is 17.9 Å². The van der Waals surface area contributed by atoms with Crippen molar-refractivity contribution in [3.8, 4) is 5.75 Å². The summed E-state index contributed by atoms with van der Waals surface area (Å²) >= 11 is 0. The number of ether oxygens (including phenoxy) is 3. The van der Waals surface area contributed by atoms with Gasteiger partial charge in [0.25, 0.3) is 5.91 Å². The van der Waals surface area contributed by atoms with Crippen LogP contribution in [0.3, 0.4) is 0 Å². The van der Waals surface area contributed by atoms with Gasteiger partial charge in [-0.1, -0.05) is 42.5 Å². The minimum atomic E-state index is -4.45. The summed E-state index contributed by atoms with van der Waals surface area (Å²) < 4.78 is 56.8. The zero-order valence-corrected chi connectivity index (χ0v) is 24.5. The number of benzene rings is 3. The van der Waals surface area contributed by atoms with Gasteiger partial charge in [0.15, 0.2) is 0 Å². The molecule has 7 nitrogen and oxygen atoms in total. The Morgan fingerprint density at radius 2 is 1.68 bits per heavy atom. The number of alkyl halides is 3. The second-order valence-corrected chi connectivity index (χ2v) is 12.7. The average Bonchev–Trinajstić information content (AvgIpc) is 2.97. The minimum absolute atomic E-state index is 0.0799. The lowest BCUT2D eigenvalue weighted by atomic mass is 9.46. The van der Waals surface area contributed by atoms with Crippen LogP contribution in [0.5, 0.6) is 5.75 Å². The number of carbonyl (C=O) groups is 2. The van der Waals surface area contributed by atoms with E-state index in [1.807, 2.05) is 12.1 Å². The molecule has 4 saturated carbocycles. The number of fused-ring (bicyclic) bond motifs is 1. The van der Waals surface area contributed by atoms with Crippen molar-refractivity contribution in [3.63, 3.8) is 0 Å². The summed E-state index contributed by atoms with van der Waals surface area (Å²) in [7, 11) is 1.62. The molecule has 234 valence electrons. The largest absolute Gasteiger partial charge is 0.487 e. The number of carboxylic acids is 1. The molecule has 4 fully saturated rings. The topological polar surface area (TPSA) is 94.1 Å². The lowest BCUT2D eigenvalue weighted by Crippen LogP contribution is -2.65. The van der Waals surface area contributed by atoms with Gasteiger partial charge < -0.3 is 24.6 Å². The molecule has 0 radical (unpaired) electrons. The Kier molecular flexibility index (Phi) is 8.09. The normalized spacial score (nSPS) is 26.5. The van der Waals surface area contributed by atoms with Gasteiger partial charge in [-0.05, 0) is 79.5 Å². The predicted molar refractivity (Wildman–Crippen MR) is 156 cm³/mol. The van der Waals surface area contributed by atoms with Crippen LogP contribution in [0.1, 0.15) is 60.0 Å². The van der Waals surface area contributed by atoms with Crippen LogP contribution >= 0.6 is 0 Å². The molecule has 4 aliphatic rings. The maximum absolute atomic E-state index is 13.9. The molecule has 1 amide bonds. The molecule has 2 unspecified atom stereocenters. The number of aliphatic carboxylic acids is 1. The van der Waals surface area contributed by atoms with Crippen LogP contribution in [0.2, 0.25) is 0 Å². The van der Waals surface area contributed by atoms with Gasteiger partial charge in [-0.15, -0.1) is 0 Å². The number of hydrogen-bond acceptors (Lipinski definition) is 5. The summed E-state index contributed by atoms with van der Waals surface area (Å²) in [5.41, 5.74) is -1.16. The summed E-state index contributed by atoms with van der Waals surface area (Å²) in [6.45, 7) is 0.816. The molecular formula is C34H36F3NO6. The second-order valence-electron chi connectivity index (χ2n) is 12.7. The fourth-order valence-electron chi connectivity index (χ4n) is 8.30. The highest BCUT2D eigenvalue weighted by molar-refractivity contribution is 6.05. The maximum Gasteiger partial charge on any atom is 0.416 e. The Labute approximate surface area is 253 Å². The van der Waals surface area contributed by atoms with Crippen molar-refractivity contribution in [2.75, 3.05) is 20.3 Å². The predicted octanol–water partition coefficient (Wildman–Crippen LogP) is 6.62. The molecular weight excluding hydrogens is 575 g/mol. The van der Waals surface area contributed by atoms with Crippen molar-refractivity contribution in [2.24, 2.45) is 17.3 Å². The van der Waals surface area contributed by atoms with Crippen LogP contribution in [0.15, 0.2) is 60.7 Å². The number of methoxy groups -OCH3 is 1. The van der Waals surface area contributed by atoms with Crippen LogP contribution in [-0.2, 0) is 27.1 Å². The SMILES string of the molecule is COCCOC12CC3CC(C1)CC([C@H](NC(=O)c1ccc4ccccc4c1OCc1ccc(C(F)(F)F)cc1)C(=O)O)(C3)C2. The van der Waals surface area contributed by atoms with E-state index in [1.54, 1.807) is 31.4 Å². The van der Waals surface area contributed by atoms with Gasteiger partial charge >= 0.3 is 12.1 Å². The van der Waals surface area contributed by atoms with Gasteiger partial charge in [0.1, 0.15) is 18.4 Å². The smallest absolute Gasteiger partial charge is 0.416 e. The maximum atomic E-state index is 13.9. The first-order valence-corrected chi connectivity index (χ1v) is 15.0. The summed E-state index contributed by atoms with van der Waals surface area (Å²) in [4.78, 5) is 26.8. The molecule has 3 aromatic rings. The quantitative estimate of drug-likeness (QED) is 0.237. The molecule has 2 N–H and O–H groups in total. The second kappa shape index (κ2) is 11.7. The molecule has 10 heteroatoms. The zero-order valence-electron chi connectivity index (χ0n) is 24.5. The summed E-state index contributed by atoms with van der Waals surface area (Å²) in [6, 6.07) is 14.2. The monoisotopic (exact) mass is 611 g/mol. The van der Waals surface area contributed by atoms with Crippen LogP contribution < -0.4 is 10.1 Å². The van der Waals surface area contributed by atoms with E-state index in [1.165, 1.54) is 12.1 Å². The third kappa shape index (κ3) is 5.89. The van der Waals surface area contributed by atoms with E-state index in [0.29, 0.717) is 55.3 Å². The van der Waals surface area contributed by atoms with Gasteiger partial charge in [-0.3, -0.25) is 4.79 Å². The Bertz CT molecular complexity index is 1520. The van der Waals surface area contributed by atoms with E-state index < -0.39 is 40.7 Å². The zero-order chi connectivity index (χ0) is 31.1. The molecule has 44 heavy (non-hydrogen) atoms.